The minimum absolute atomic E-state index is 0.425. The van der Waals surface area contributed by atoms with Gasteiger partial charge in [-0.25, -0.2) is 0 Å². The van der Waals surface area contributed by atoms with Gasteiger partial charge in [-0.05, 0) is 35.9 Å². The summed E-state index contributed by atoms with van der Waals surface area (Å²) in [6.45, 7) is 0.425. The van der Waals surface area contributed by atoms with Crippen LogP contribution in [0.15, 0.2) is 48.5 Å². The molecule has 0 aromatic heterocycles. The molecule has 0 aliphatic rings. The molecule has 3 heteroatoms. The number of rotatable bonds is 4. The van der Waals surface area contributed by atoms with Crippen LogP contribution in [0.5, 0.6) is 5.75 Å². The first-order valence-corrected chi connectivity index (χ1v) is 7.12. The van der Waals surface area contributed by atoms with E-state index in [9.17, 15) is 0 Å². The monoisotopic (exact) mass is 295 g/mol. The van der Waals surface area contributed by atoms with Crippen LogP contribution in [0.2, 0.25) is 0 Å². The van der Waals surface area contributed by atoms with Crippen LogP contribution in [0.3, 0.4) is 0 Å². The maximum Gasteiger partial charge on any atom is 0.121 e. The standard InChI is InChI=1S/C18H14ClNO/c19-10-2-1-5-15-6-4-9-18(12-15)21-14-17-8-3-7-16(11-17)13-20/h3-4,6-9,11-12H,2,10,14H2. The van der Waals surface area contributed by atoms with E-state index in [-0.39, 0.29) is 0 Å². The third kappa shape index (κ3) is 4.88. The van der Waals surface area contributed by atoms with Crippen molar-refractivity contribution in [3.63, 3.8) is 0 Å². The normalized spacial score (nSPS) is 9.33. The van der Waals surface area contributed by atoms with Crippen molar-refractivity contribution in [1.82, 2.24) is 0 Å². The quantitative estimate of drug-likeness (QED) is 0.628. The third-order valence-corrected chi connectivity index (χ3v) is 2.94. The van der Waals surface area contributed by atoms with Crippen LogP contribution in [0.25, 0.3) is 0 Å². The van der Waals surface area contributed by atoms with Crippen molar-refractivity contribution in [3.05, 3.63) is 65.2 Å². The predicted molar refractivity (Wildman–Crippen MR) is 84.1 cm³/mol. The zero-order valence-electron chi connectivity index (χ0n) is 11.5. The number of nitriles is 1. The number of alkyl halides is 1. The van der Waals surface area contributed by atoms with Crippen LogP contribution >= 0.6 is 11.6 Å². The Morgan fingerprint density at radius 2 is 1.86 bits per heavy atom. The highest BCUT2D eigenvalue weighted by Crippen LogP contribution is 2.15. The van der Waals surface area contributed by atoms with Gasteiger partial charge < -0.3 is 4.74 Å². The van der Waals surface area contributed by atoms with Crippen LogP contribution < -0.4 is 4.74 Å². The Labute approximate surface area is 129 Å². The smallest absolute Gasteiger partial charge is 0.121 e. The molecule has 0 unspecified atom stereocenters. The Balaban J connectivity index is 2.02. The van der Waals surface area contributed by atoms with Gasteiger partial charge in [-0.3, -0.25) is 0 Å². The van der Waals surface area contributed by atoms with Crippen LogP contribution in [0.4, 0.5) is 0 Å². The van der Waals surface area contributed by atoms with Gasteiger partial charge in [0, 0.05) is 17.9 Å². The lowest BCUT2D eigenvalue weighted by molar-refractivity contribution is 0.306. The SMILES string of the molecule is N#Cc1cccc(COc2cccc(C#CCCCl)c2)c1. The zero-order chi connectivity index (χ0) is 14.9. The van der Waals surface area contributed by atoms with Gasteiger partial charge >= 0.3 is 0 Å². The molecule has 104 valence electrons. The largest absolute Gasteiger partial charge is 0.489 e. The van der Waals surface area contributed by atoms with Gasteiger partial charge in [-0.2, -0.15) is 5.26 Å². The Morgan fingerprint density at radius 1 is 1.05 bits per heavy atom. The summed E-state index contributed by atoms with van der Waals surface area (Å²) in [5.74, 6) is 7.34. The zero-order valence-corrected chi connectivity index (χ0v) is 12.2. The number of hydrogen-bond acceptors (Lipinski definition) is 2. The van der Waals surface area contributed by atoms with E-state index in [1.807, 2.05) is 42.5 Å². The van der Waals surface area contributed by atoms with Crippen LogP contribution in [0, 0.1) is 23.2 Å². The molecule has 0 atom stereocenters. The van der Waals surface area contributed by atoms with Crippen molar-refractivity contribution >= 4 is 11.6 Å². The van der Waals surface area contributed by atoms with Crippen molar-refractivity contribution in [2.75, 3.05) is 5.88 Å². The molecule has 0 aliphatic heterocycles. The first-order chi connectivity index (χ1) is 10.3. The van der Waals surface area contributed by atoms with E-state index in [1.54, 1.807) is 6.07 Å². The lowest BCUT2D eigenvalue weighted by Crippen LogP contribution is -1.96. The molecule has 2 aromatic rings. The first kappa shape index (κ1) is 15.0. The molecule has 0 radical (unpaired) electrons. The highest BCUT2D eigenvalue weighted by molar-refractivity contribution is 6.18. The van der Waals surface area contributed by atoms with Crippen molar-refractivity contribution < 1.29 is 4.74 Å². The van der Waals surface area contributed by atoms with E-state index < -0.39 is 0 Å². The highest BCUT2D eigenvalue weighted by atomic mass is 35.5. The summed E-state index contributed by atoms with van der Waals surface area (Å²) in [7, 11) is 0. The van der Waals surface area contributed by atoms with E-state index in [4.69, 9.17) is 21.6 Å². The van der Waals surface area contributed by atoms with Crippen molar-refractivity contribution in [1.29, 1.82) is 5.26 Å². The van der Waals surface area contributed by atoms with E-state index in [0.717, 1.165) is 16.9 Å². The van der Waals surface area contributed by atoms with E-state index >= 15 is 0 Å². The van der Waals surface area contributed by atoms with Crippen LogP contribution in [-0.2, 0) is 6.61 Å². The molecular weight excluding hydrogens is 282 g/mol. The minimum Gasteiger partial charge on any atom is -0.489 e. The predicted octanol–water partition coefficient (Wildman–Crippen LogP) is 4.12. The average Bonchev–Trinajstić information content (AvgIpc) is 2.54. The number of nitrogens with zero attached hydrogens (tertiary/aromatic N) is 1. The molecule has 2 rings (SSSR count). The van der Waals surface area contributed by atoms with Crippen molar-refractivity contribution in [3.8, 4) is 23.7 Å². The summed E-state index contributed by atoms with van der Waals surface area (Å²) in [6, 6.07) is 17.1. The molecule has 0 N–H and O–H groups in total. The van der Waals surface area contributed by atoms with Gasteiger partial charge in [0.25, 0.3) is 0 Å². The average molecular weight is 296 g/mol. The molecule has 0 heterocycles. The number of halogens is 1. The molecule has 21 heavy (non-hydrogen) atoms. The second-order valence-corrected chi connectivity index (χ2v) is 4.75. The number of ether oxygens (including phenoxy) is 1. The maximum absolute atomic E-state index is 8.87. The third-order valence-electron chi connectivity index (χ3n) is 2.75. The summed E-state index contributed by atoms with van der Waals surface area (Å²) in [5.41, 5.74) is 2.51. The lowest BCUT2D eigenvalue weighted by Gasteiger charge is -2.06. The maximum atomic E-state index is 8.87. The molecule has 0 fully saturated rings. The fraction of sp³-hybridized carbons (Fsp3) is 0.167. The molecular formula is C18H14ClNO. The van der Waals surface area contributed by atoms with Gasteiger partial charge in [-0.15, -0.1) is 11.6 Å². The second-order valence-electron chi connectivity index (χ2n) is 4.37. The highest BCUT2D eigenvalue weighted by Gasteiger charge is 1.98. The molecule has 0 spiro atoms. The van der Waals surface area contributed by atoms with Gasteiger partial charge in [0.05, 0.1) is 11.6 Å². The first-order valence-electron chi connectivity index (χ1n) is 6.58. The summed E-state index contributed by atoms with van der Waals surface area (Å²) >= 11 is 5.59. The minimum atomic E-state index is 0.425. The van der Waals surface area contributed by atoms with Gasteiger partial charge in [0.15, 0.2) is 0 Å². The number of benzene rings is 2. The summed E-state index contributed by atoms with van der Waals surface area (Å²) in [4.78, 5) is 0. The van der Waals surface area contributed by atoms with Crippen molar-refractivity contribution in [2.24, 2.45) is 0 Å². The van der Waals surface area contributed by atoms with Crippen LogP contribution in [-0.4, -0.2) is 5.88 Å². The Morgan fingerprint density at radius 3 is 2.67 bits per heavy atom. The molecule has 0 saturated carbocycles. The summed E-state index contributed by atoms with van der Waals surface area (Å²) in [6.07, 6.45) is 0.674. The number of hydrogen-bond donors (Lipinski definition) is 0. The molecule has 2 aromatic carbocycles. The van der Waals surface area contributed by atoms with Gasteiger partial charge in [0.2, 0.25) is 0 Å². The van der Waals surface area contributed by atoms with E-state index in [2.05, 4.69) is 17.9 Å². The van der Waals surface area contributed by atoms with Gasteiger partial charge in [-0.1, -0.05) is 30.0 Å². The molecule has 0 aliphatic carbocycles. The Kier molecular flexibility index (Phi) is 5.71. The van der Waals surface area contributed by atoms with Crippen LogP contribution in [0.1, 0.15) is 23.1 Å². The Bertz CT molecular complexity index is 707. The fourth-order valence-electron chi connectivity index (χ4n) is 1.77. The second kappa shape index (κ2) is 8.00. The van der Waals surface area contributed by atoms with E-state index in [1.165, 1.54) is 0 Å². The van der Waals surface area contributed by atoms with Gasteiger partial charge in [0.1, 0.15) is 12.4 Å². The van der Waals surface area contributed by atoms with Crippen molar-refractivity contribution in [2.45, 2.75) is 13.0 Å². The summed E-state index contributed by atoms with van der Waals surface area (Å²) < 4.78 is 5.74. The topological polar surface area (TPSA) is 33.0 Å². The Hall–Kier alpha value is -2.42. The molecule has 0 saturated heterocycles. The van der Waals surface area contributed by atoms with E-state index in [0.29, 0.717) is 24.5 Å². The molecule has 0 bridgehead atoms. The fourth-order valence-corrected chi connectivity index (χ4v) is 1.87. The molecule has 0 amide bonds. The summed E-state index contributed by atoms with van der Waals surface area (Å²) in [5, 5.41) is 8.87. The molecule has 2 nitrogen and oxygen atoms in total. The lowest BCUT2D eigenvalue weighted by atomic mass is 10.1.